The highest BCUT2D eigenvalue weighted by Gasteiger charge is 2.26. The summed E-state index contributed by atoms with van der Waals surface area (Å²) < 4.78 is 10.7. The van der Waals surface area contributed by atoms with Gasteiger partial charge in [-0.1, -0.05) is 6.07 Å². The molecule has 0 bridgehead atoms. The van der Waals surface area contributed by atoms with E-state index in [1.165, 1.54) is 11.3 Å². The third-order valence-corrected chi connectivity index (χ3v) is 7.47. The number of amides is 1. The van der Waals surface area contributed by atoms with Crippen LogP contribution in [0.2, 0.25) is 0 Å². The van der Waals surface area contributed by atoms with Gasteiger partial charge in [0.2, 0.25) is 0 Å². The van der Waals surface area contributed by atoms with Crippen LogP contribution in [0.4, 0.5) is 17.3 Å². The molecule has 1 aromatic carbocycles. The standard InChI is InChI=1S/C26H28N6O3S/c1-16-22-24(32-13-11-31(12-14-32)21-7-5-6-10-27-21)28-17(2)29-26(22)36-23(16)25(33)30-18-8-9-19(34-3)20(15-18)35-4/h5-10,15H,11-14H2,1-4H3,(H,30,33). The number of hydrogen-bond acceptors (Lipinski definition) is 9. The second kappa shape index (κ2) is 9.98. The lowest BCUT2D eigenvalue weighted by molar-refractivity contribution is 0.103. The van der Waals surface area contributed by atoms with E-state index in [0.717, 1.165) is 53.6 Å². The summed E-state index contributed by atoms with van der Waals surface area (Å²) in [5.41, 5.74) is 1.51. The van der Waals surface area contributed by atoms with Gasteiger partial charge in [-0.2, -0.15) is 0 Å². The van der Waals surface area contributed by atoms with Gasteiger partial charge in [-0.05, 0) is 43.7 Å². The van der Waals surface area contributed by atoms with E-state index in [9.17, 15) is 4.79 Å². The van der Waals surface area contributed by atoms with Crippen LogP contribution in [0, 0.1) is 13.8 Å². The maximum absolute atomic E-state index is 13.3. The molecule has 0 spiro atoms. The number of nitrogens with one attached hydrogen (secondary N) is 1. The zero-order valence-electron chi connectivity index (χ0n) is 20.7. The number of carbonyl (C=O) groups is 1. The SMILES string of the molecule is COc1ccc(NC(=O)c2sc3nc(C)nc(N4CCN(c5ccccn5)CC4)c3c2C)cc1OC. The molecular weight excluding hydrogens is 476 g/mol. The van der Waals surface area contributed by atoms with Crippen LogP contribution < -0.4 is 24.6 Å². The molecule has 1 N–H and O–H groups in total. The average Bonchev–Trinajstić information content (AvgIpc) is 3.24. The topological polar surface area (TPSA) is 92.7 Å². The minimum Gasteiger partial charge on any atom is -0.493 e. The summed E-state index contributed by atoms with van der Waals surface area (Å²) in [7, 11) is 3.15. The zero-order valence-corrected chi connectivity index (χ0v) is 21.6. The summed E-state index contributed by atoms with van der Waals surface area (Å²) in [6.45, 7) is 7.17. The Labute approximate surface area is 213 Å². The van der Waals surface area contributed by atoms with E-state index in [1.807, 2.05) is 38.2 Å². The van der Waals surface area contributed by atoms with Crippen LogP contribution in [-0.4, -0.2) is 61.3 Å². The van der Waals surface area contributed by atoms with Gasteiger partial charge < -0.3 is 24.6 Å². The summed E-state index contributed by atoms with van der Waals surface area (Å²) in [6, 6.07) is 11.3. The number of hydrogen-bond donors (Lipinski definition) is 1. The zero-order chi connectivity index (χ0) is 25.2. The Morgan fingerprint density at radius 2 is 1.72 bits per heavy atom. The van der Waals surface area contributed by atoms with Crippen LogP contribution in [0.15, 0.2) is 42.6 Å². The summed E-state index contributed by atoms with van der Waals surface area (Å²) in [4.78, 5) is 33.2. The molecule has 10 heteroatoms. The molecule has 1 saturated heterocycles. The van der Waals surface area contributed by atoms with Crippen LogP contribution in [-0.2, 0) is 0 Å². The van der Waals surface area contributed by atoms with Gasteiger partial charge in [-0.15, -0.1) is 11.3 Å². The first-order chi connectivity index (χ1) is 17.5. The highest BCUT2D eigenvalue weighted by atomic mass is 32.1. The van der Waals surface area contributed by atoms with Gasteiger partial charge in [0.05, 0.1) is 24.5 Å². The normalized spacial score (nSPS) is 13.7. The third-order valence-electron chi connectivity index (χ3n) is 6.28. The second-order valence-corrected chi connectivity index (χ2v) is 9.52. The molecule has 5 rings (SSSR count). The van der Waals surface area contributed by atoms with E-state index in [-0.39, 0.29) is 5.91 Å². The van der Waals surface area contributed by atoms with Crippen LogP contribution in [0.25, 0.3) is 10.2 Å². The number of thiophene rings is 1. The van der Waals surface area contributed by atoms with Gasteiger partial charge in [0, 0.05) is 44.1 Å². The maximum atomic E-state index is 13.3. The Morgan fingerprint density at radius 1 is 0.972 bits per heavy atom. The molecule has 9 nitrogen and oxygen atoms in total. The molecule has 1 aliphatic heterocycles. The van der Waals surface area contributed by atoms with E-state index in [1.54, 1.807) is 32.4 Å². The van der Waals surface area contributed by atoms with E-state index in [0.29, 0.717) is 27.9 Å². The molecule has 0 unspecified atom stereocenters. The Hall–Kier alpha value is -3.92. The molecule has 4 aromatic rings. The van der Waals surface area contributed by atoms with Crippen LogP contribution in [0.1, 0.15) is 21.1 Å². The molecule has 36 heavy (non-hydrogen) atoms. The van der Waals surface area contributed by atoms with Crippen LogP contribution in [0.5, 0.6) is 11.5 Å². The number of piperazine rings is 1. The highest BCUT2D eigenvalue weighted by molar-refractivity contribution is 7.20. The van der Waals surface area contributed by atoms with E-state index in [2.05, 4.69) is 25.1 Å². The molecule has 0 aliphatic carbocycles. The highest BCUT2D eigenvalue weighted by Crippen LogP contribution is 2.37. The second-order valence-electron chi connectivity index (χ2n) is 8.52. The Kier molecular flexibility index (Phi) is 6.60. The fourth-order valence-electron chi connectivity index (χ4n) is 4.46. The first-order valence-electron chi connectivity index (χ1n) is 11.7. The number of nitrogens with zero attached hydrogens (tertiary/aromatic N) is 5. The van der Waals surface area contributed by atoms with Crippen LogP contribution >= 0.6 is 11.3 Å². The summed E-state index contributed by atoms with van der Waals surface area (Å²) in [6.07, 6.45) is 1.82. The molecule has 1 fully saturated rings. The number of benzene rings is 1. The van der Waals surface area contributed by atoms with Gasteiger partial charge in [-0.3, -0.25) is 4.79 Å². The van der Waals surface area contributed by atoms with Gasteiger partial charge in [-0.25, -0.2) is 15.0 Å². The van der Waals surface area contributed by atoms with E-state index in [4.69, 9.17) is 14.5 Å². The van der Waals surface area contributed by atoms with Gasteiger partial charge in [0.25, 0.3) is 5.91 Å². The van der Waals surface area contributed by atoms with Crippen molar-refractivity contribution in [2.24, 2.45) is 0 Å². The van der Waals surface area contributed by atoms with Crippen molar-refractivity contribution in [3.05, 3.63) is 58.9 Å². The van der Waals surface area contributed by atoms with Crippen LogP contribution in [0.3, 0.4) is 0 Å². The molecule has 0 atom stereocenters. The molecule has 0 radical (unpaired) electrons. The first kappa shape index (κ1) is 23.8. The lowest BCUT2D eigenvalue weighted by Gasteiger charge is -2.36. The predicted octanol–water partition coefficient (Wildman–Crippen LogP) is 4.30. The Morgan fingerprint density at radius 3 is 2.42 bits per heavy atom. The van der Waals surface area contributed by atoms with Gasteiger partial charge >= 0.3 is 0 Å². The number of rotatable bonds is 6. The van der Waals surface area contributed by atoms with Crippen molar-refractivity contribution in [2.45, 2.75) is 13.8 Å². The van der Waals surface area contributed by atoms with Crippen molar-refractivity contribution in [1.82, 2.24) is 15.0 Å². The number of fused-ring (bicyclic) bond motifs is 1. The monoisotopic (exact) mass is 504 g/mol. The van der Waals surface area contributed by atoms with Gasteiger partial charge in [0.15, 0.2) is 11.5 Å². The number of methoxy groups -OCH3 is 2. The van der Waals surface area contributed by atoms with Crippen molar-refractivity contribution >= 4 is 44.8 Å². The lowest BCUT2D eigenvalue weighted by Crippen LogP contribution is -2.47. The fraction of sp³-hybridized carbons (Fsp3) is 0.308. The smallest absolute Gasteiger partial charge is 0.266 e. The largest absolute Gasteiger partial charge is 0.493 e. The molecular formula is C26H28N6O3S. The number of ether oxygens (including phenoxy) is 2. The Bertz CT molecular complexity index is 1400. The third kappa shape index (κ3) is 4.51. The van der Waals surface area contributed by atoms with E-state index < -0.39 is 0 Å². The number of carbonyl (C=O) groups excluding carboxylic acids is 1. The summed E-state index contributed by atoms with van der Waals surface area (Å²) in [5.74, 6) is 3.53. The lowest BCUT2D eigenvalue weighted by atomic mass is 10.1. The fourth-order valence-corrected chi connectivity index (χ4v) is 5.57. The Balaban J connectivity index is 1.41. The molecule has 1 amide bonds. The summed E-state index contributed by atoms with van der Waals surface area (Å²) >= 11 is 1.39. The number of pyridine rings is 1. The van der Waals surface area contributed by atoms with Gasteiger partial charge in [0.1, 0.15) is 22.3 Å². The number of aromatic nitrogens is 3. The van der Waals surface area contributed by atoms with Crippen molar-refractivity contribution in [3.8, 4) is 11.5 Å². The molecule has 186 valence electrons. The molecule has 4 heterocycles. The molecule has 3 aromatic heterocycles. The van der Waals surface area contributed by atoms with Crippen molar-refractivity contribution in [1.29, 1.82) is 0 Å². The minimum atomic E-state index is -0.189. The number of aryl methyl sites for hydroxylation is 2. The predicted molar refractivity (Wildman–Crippen MR) is 143 cm³/mol. The van der Waals surface area contributed by atoms with Crippen molar-refractivity contribution in [2.75, 3.05) is 55.5 Å². The number of anilines is 3. The van der Waals surface area contributed by atoms with Crippen molar-refractivity contribution in [3.63, 3.8) is 0 Å². The maximum Gasteiger partial charge on any atom is 0.266 e. The summed E-state index contributed by atoms with van der Waals surface area (Å²) in [5, 5.41) is 3.92. The van der Waals surface area contributed by atoms with E-state index >= 15 is 0 Å². The average molecular weight is 505 g/mol. The van der Waals surface area contributed by atoms with Crippen molar-refractivity contribution < 1.29 is 14.3 Å². The molecule has 0 saturated carbocycles. The molecule has 1 aliphatic rings. The first-order valence-corrected chi connectivity index (χ1v) is 12.5. The minimum absolute atomic E-state index is 0.189. The quantitative estimate of drug-likeness (QED) is 0.416.